The Morgan fingerprint density at radius 1 is 1.35 bits per heavy atom. The van der Waals surface area contributed by atoms with Crippen LogP contribution in [0.15, 0.2) is 27.8 Å². The minimum absolute atomic E-state index is 0.179. The molecule has 1 aliphatic rings. The first-order chi connectivity index (χ1) is 8.08. The summed E-state index contributed by atoms with van der Waals surface area (Å²) in [6.07, 6.45) is 5.28. The summed E-state index contributed by atoms with van der Waals surface area (Å²) >= 11 is 3.20. The predicted octanol–water partition coefficient (Wildman–Crippen LogP) is 0.874. The number of nitrogens with zero attached hydrogens (tertiary/aromatic N) is 1. The Morgan fingerprint density at radius 3 is 2.76 bits per heavy atom. The smallest absolute Gasteiger partial charge is 0.242 e. The van der Waals surface area contributed by atoms with E-state index in [9.17, 15) is 8.42 Å². The molecule has 17 heavy (non-hydrogen) atoms. The van der Waals surface area contributed by atoms with Gasteiger partial charge in [0, 0.05) is 36.0 Å². The molecule has 2 N–H and O–H groups in total. The van der Waals surface area contributed by atoms with E-state index >= 15 is 0 Å². The molecule has 1 aliphatic carbocycles. The molecule has 0 amide bonds. The maximum Gasteiger partial charge on any atom is 0.242 e. The Kier molecular flexibility index (Phi) is 4.13. The highest BCUT2D eigenvalue weighted by Crippen LogP contribution is 2.18. The van der Waals surface area contributed by atoms with E-state index in [4.69, 9.17) is 0 Å². The van der Waals surface area contributed by atoms with E-state index < -0.39 is 10.0 Å². The van der Waals surface area contributed by atoms with E-state index in [1.54, 1.807) is 6.20 Å². The molecule has 1 aromatic heterocycles. The number of nitrogens with one attached hydrogen (secondary N) is 2. The van der Waals surface area contributed by atoms with Crippen molar-refractivity contribution in [3.8, 4) is 0 Å². The topological polar surface area (TPSA) is 71.1 Å². The van der Waals surface area contributed by atoms with Gasteiger partial charge in [-0.1, -0.05) is 0 Å². The summed E-state index contributed by atoms with van der Waals surface area (Å²) in [4.78, 5) is 4.01. The van der Waals surface area contributed by atoms with E-state index in [1.165, 1.54) is 25.1 Å². The molecular weight excluding hydrogens is 306 g/mol. The molecule has 2 rings (SSSR count). The fourth-order valence-electron chi connectivity index (χ4n) is 1.37. The zero-order chi connectivity index (χ0) is 12.3. The second kappa shape index (κ2) is 5.43. The lowest BCUT2D eigenvalue weighted by Gasteiger charge is -2.07. The maximum absolute atomic E-state index is 11.8. The highest BCUT2D eigenvalue weighted by atomic mass is 79.9. The van der Waals surface area contributed by atoms with Gasteiger partial charge in [-0.05, 0) is 34.8 Å². The molecule has 0 aromatic carbocycles. The zero-order valence-corrected chi connectivity index (χ0v) is 11.6. The van der Waals surface area contributed by atoms with Crippen molar-refractivity contribution in [2.75, 3.05) is 13.1 Å². The molecule has 0 aliphatic heterocycles. The van der Waals surface area contributed by atoms with Crippen molar-refractivity contribution < 1.29 is 8.42 Å². The molecule has 1 heterocycles. The number of hydrogen-bond acceptors (Lipinski definition) is 4. The van der Waals surface area contributed by atoms with Crippen LogP contribution in [0.4, 0.5) is 0 Å². The molecule has 1 fully saturated rings. The molecule has 5 nitrogen and oxygen atoms in total. The monoisotopic (exact) mass is 319 g/mol. The van der Waals surface area contributed by atoms with E-state index in [-0.39, 0.29) is 4.90 Å². The van der Waals surface area contributed by atoms with Crippen LogP contribution in [0.25, 0.3) is 0 Å². The van der Waals surface area contributed by atoms with Gasteiger partial charge in [0.2, 0.25) is 10.0 Å². The molecule has 0 unspecified atom stereocenters. The second-order valence-corrected chi connectivity index (χ2v) is 6.65. The third-order valence-electron chi connectivity index (χ3n) is 2.42. The molecule has 0 atom stereocenters. The van der Waals surface area contributed by atoms with Crippen LogP contribution in [0.2, 0.25) is 0 Å². The van der Waals surface area contributed by atoms with Crippen molar-refractivity contribution in [1.82, 2.24) is 15.0 Å². The third-order valence-corrected chi connectivity index (χ3v) is 4.28. The van der Waals surface area contributed by atoms with Crippen molar-refractivity contribution in [3.63, 3.8) is 0 Å². The molecule has 0 saturated heterocycles. The van der Waals surface area contributed by atoms with Gasteiger partial charge in [-0.2, -0.15) is 0 Å². The van der Waals surface area contributed by atoms with Crippen LogP contribution in [-0.4, -0.2) is 32.5 Å². The van der Waals surface area contributed by atoms with Crippen molar-refractivity contribution >= 4 is 26.0 Å². The number of rotatable bonds is 6. The summed E-state index contributed by atoms with van der Waals surface area (Å²) in [5.41, 5.74) is 0. The molecule has 1 aromatic rings. The van der Waals surface area contributed by atoms with Crippen LogP contribution in [0.5, 0.6) is 0 Å². The first kappa shape index (κ1) is 12.9. The fourth-order valence-corrected chi connectivity index (χ4v) is 2.91. The molecule has 1 saturated carbocycles. The van der Waals surface area contributed by atoms with Crippen LogP contribution in [0.3, 0.4) is 0 Å². The van der Waals surface area contributed by atoms with Gasteiger partial charge in [-0.15, -0.1) is 0 Å². The molecule has 7 heteroatoms. The van der Waals surface area contributed by atoms with Crippen LogP contribution < -0.4 is 10.0 Å². The number of pyridine rings is 1. The molecule has 0 radical (unpaired) electrons. The van der Waals surface area contributed by atoms with E-state index in [2.05, 4.69) is 31.0 Å². The third kappa shape index (κ3) is 4.02. The lowest BCUT2D eigenvalue weighted by Crippen LogP contribution is -2.32. The predicted molar refractivity (Wildman–Crippen MR) is 68.2 cm³/mol. The van der Waals surface area contributed by atoms with E-state index in [0.717, 1.165) is 0 Å². The quantitative estimate of drug-likeness (QED) is 0.763. The van der Waals surface area contributed by atoms with Gasteiger partial charge in [0.1, 0.15) is 4.90 Å². The first-order valence-electron chi connectivity index (χ1n) is 5.41. The average molecular weight is 320 g/mol. The second-order valence-electron chi connectivity index (χ2n) is 3.97. The van der Waals surface area contributed by atoms with Gasteiger partial charge in [0.15, 0.2) is 0 Å². The Balaban J connectivity index is 1.88. The Morgan fingerprint density at radius 2 is 2.12 bits per heavy atom. The molecule has 94 valence electrons. The van der Waals surface area contributed by atoms with Crippen molar-refractivity contribution in [1.29, 1.82) is 0 Å². The zero-order valence-electron chi connectivity index (χ0n) is 9.19. The van der Waals surface area contributed by atoms with E-state index in [1.807, 2.05) is 0 Å². The highest BCUT2D eigenvalue weighted by molar-refractivity contribution is 9.10. The van der Waals surface area contributed by atoms with E-state index in [0.29, 0.717) is 23.6 Å². The minimum atomic E-state index is -3.44. The summed E-state index contributed by atoms with van der Waals surface area (Å²) < 4.78 is 26.9. The lowest BCUT2D eigenvalue weighted by atomic mass is 10.5. The Bertz CT molecular complexity index is 488. The molecular formula is C10H14BrN3O2S. The average Bonchev–Trinajstić information content (AvgIpc) is 3.08. The first-order valence-corrected chi connectivity index (χ1v) is 7.69. The van der Waals surface area contributed by atoms with Gasteiger partial charge < -0.3 is 5.32 Å². The SMILES string of the molecule is O=S(=O)(NCCNC1CC1)c1cncc(Br)c1. The summed E-state index contributed by atoms with van der Waals surface area (Å²) in [6, 6.07) is 2.12. The summed E-state index contributed by atoms with van der Waals surface area (Å²) in [5.74, 6) is 0. The summed E-state index contributed by atoms with van der Waals surface area (Å²) in [6.45, 7) is 1.05. The summed E-state index contributed by atoms with van der Waals surface area (Å²) in [7, 11) is -3.44. The normalized spacial score (nSPS) is 16.1. The minimum Gasteiger partial charge on any atom is -0.313 e. The summed E-state index contributed by atoms with van der Waals surface area (Å²) in [5, 5.41) is 3.24. The van der Waals surface area contributed by atoms with Crippen LogP contribution in [0, 0.1) is 0 Å². The molecule has 0 spiro atoms. The highest BCUT2D eigenvalue weighted by Gasteiger charge is 2.20. The van der Waals surface area contributed by atoms with Gasteiger partial charge in [0.25, 0.3) is 0 Å². The largest absolute Gasteiger partial charge is 0.313 e. The number of halogens is 1. The van der Waals surface area contributed by atoms with Crippen molar-refractivity contribution in [2.24, 2.45) is 0 Å². The van der Waals surface area contributed by atoms with Gasteiger partial charge >= 0.3 is 0 Å². The Hall–Kier alpha value is -0.500. The molecule has 0 bridgehead atoms. The van der Waals surface area contributed by atoms with Crippen molar-refractivity contribution in [2.45, 2.75) is 23.8 Å². The number of aromatic nitrogens is 1. The lowest BCUT2D eigenvalue weighted by molar-refractivity contribution is 0.575. The standard InChI is InChI=1S/C10H14BrN3O2S/c11-8-5-10(7-12-6-8)17(15,16)14-4-3-13-9-1-2-9/h5-7,9,13-14H,1-4H2. The van der Waals surface area contributed by atoms with Crippen LogP contribution in [-0.2, 0) is 10.0 Å². The number of hydrogen-bond donors (Lipinski definition) is 2. The van der Waals surface area contributed by atoms with Crippen LogP contribution >= 0.6 is 15.9 Å². The van der Waals surface area contributed by atoms with Gasteiger partial charge in [0.05, 0.1) is 0 Å². The fraction of sp³-hybridized carbons (Fsp3) is 0.500. The Labute approximate surface area is 109 Å². The van der Waals surface area contributed by atoms with Gasteiger partial charge in [-0.25, -0.2) is 13.1 Å². The van der Waals surface area contributed by atoms with Crippen molar-refractivity contribution in [3.05, 3.63) is 22.9 Å². The van der Waals surface area contributed by atoms with Crippen LogP contribution in [0.1, 0.15) is 12.8 Å². The maximum atomic E-state index is 11.8. The van der Waals surface area contributed by atoms with Gasteiger partial charge in [-0.3, -0.25) is 4.98 Å². The number of sulfonamides is 1.